The maximum absolute atomic E-state index is 11.0. The number of nitrogen functional groups attached to an aromatic ring is 1. The molecular formula is C14H15ClN2O2S. The Morgan fingerprint density at radius 1 is 1.45 bits per heavy atom. The average Bonchev–Trinajstić information content (AvgIpc) is 2.78. The van der Waals surface area contributed by atoms with Crippen molar-refractivity contribution in [2.75, 3.05) is 5.73 Å². The van der Waals surface area contributed by atoms with Crippen LogP contribution in [-0.4, -0.2) is 16.1 Å². The molecule has 0 spiro atoms. The van der Waals surface area contributed by atoms with Crippen molar-refractivity contribution < 1.29 is 9.90 Å². The molecule has 0 radical (unpaired) electrons. The Kier molecular flexibility index (Phi) is 4.62. The summed E-state index contributed by atoms with van der Waals surface area (Å²) in [7, 11) is 0. The summed E-state index contributed by atoms with van der Waals surface area (Å²) < 4.78 is 0. The second-order valence-electron chi connectivity index (χ2n) is 4.47. The molecule has 106 valence electrons. The number of carboxylic acid groups (broad SMARTS) is 1. The molecule has 0 fully saturated rings. The lowest BCUT2D eigenvalue weighted by molar-refractivity contribution is -0.137. The summed E-state index contributed by atoms with van der Waals surface area (Å²) in [6, 6.07) is 7.31. The van der Waals surface area contributed by atoms with Gasteiger partial charge in [0.05, 0.1) is 12.1 Å². The van der Waals surface area contributed by atoms with Gasteiger partial charge < -0.3 is 10.8 Å². The number of carboxylic acids is 1. The van der Waals surface area contributed by atoms with E-state index in [1.807, 2.05) is 19.1 Å². The van der Waals surface area contributed by atoms with Gasteiger partial charge >= 0.3 is 5.97 Å². The van der Waals surface area contributed by atoms with Crippen LogP contribution in [0.3, 0.4) is 0 Å². The van der Waals surface area contributed by atoms with E-state index in [4.69, 9.17) is 22.4 Å². The number of carbonyl (C=O) groups is 1. The van der Waals surface area contributed by atoms with Crippen LogP contribution >= 0.6 is 22.9 Å². The first-order valence-corrected chi connectivity index (χ1v) is 7.44. The lowest BCUT2D eigenvalue weighted by Gasteiger charge is -2.12. The van der Waals surface area contributed by atoms with Gasteiger partial charge in [-0.3, -0.25) is 4.79 Å². The van der Waals surface area contributed by atoms with E-state index in [0.717, 1.165) is 22.6 Å². The van der Waals surface area contributed by atoms with Gasteiger partial charge in [0.15, 0.2) is 5.13 Å². The second kappa shape index (κ2) is 6.24. The number of thiazole rings is 1. The van der Waals surface area contributed by atoms with Crippen LogP contribution in [0.1, 0.15) is 30.6 Å². The van der Waals surface area contributed by atoms with Crippen LogP contribution in [-0.2, 0) is 4.79 Å². The lowest BCUT2D eigenvalue weighted by Crippen LogP contribution is -2.05. The summed E-state index contributed by atoms with van der Waals surface area (Å²) in [5.41, 5.74) is 7.47. The van der Waals surface area contributed by atoms with Gasteiger partial charge in [0.2, 0.25) is 0 Å². The standard InChI is InChI=1S/C14H15ClN2O2S/c1-2-8(7-11(18)19)13-12(17-14(16)20-13)9-3-5-10(15)6-4-9/h3-6,8H,2,7H2,1H3,(H2,16,17)(H,18,19). The fraction of sp³-hybridized carbons (Fsp3) is 0.286. The highest BCUT2D eigenvalue weighted by Crippen LogP contribution is 2.38. The number of halogens is 1. The first-order valence-electron chi connectivity index (χ1n) is 6.25. The Bertz CT molecular complexity index is 610. The monoisotopic (exact) mass is 310 g/mol. The van der Waals surface area contributed by atoms with Gasteiger partial charge in [-0.1, -0.05) is 30.7 Å². The van der Waals surface area contributed by atoms with Gasteiger partial charge in [-0.25, -0.2) is 4.98 Å². The van der Waals surface area contributed by atoms with Crippen molar-refractivity contribution >= 4 is 34.0 Å². The Balaban J connectivity index is 2.43. The molecule has 3 N–H and O–H groups in total. The minimum Gasteiger partial charge on any atom is -0.481 e. The molecule has 0 bridgehead atoms. The Morgan fingerprint density at radius 2 is 2.10 bits per heavy atom. The summed E-state index contributed by atoms with van der Waals surface area (Å²) in [6.07, 6.45) is 0.813. The number of anilines is 1. The van der Waals surface area contributed by atoms with Gasteiger partial charge in [-0.05, 0) is 18.6 Å². The van der Waals surface area contributed by atoms with Crippen LogP contribution < -0.4 is 5.73 Å². The van der Waals surface area contributed by atoms with E-state index >= 15 is 0 Å². The van der Waals surface area contributed by atoms with Crippen LogP contribution in [0.5, 0.6) is 0 Å². The minimum absolute atomic E-state index is 0.0759. The molecule has 0 aliphatic carbocycles. The molecule has 4 nitrogen and oxygen atoms in total. The zero-order valence-corrected chi connectivity index (χ0v) is 12.5. The highest BCUT2D eigenvalue weighted by Gasteiger charge is 2.22. The number of aliphatic carboxylic acids is 1. The molecule has 1 atom stereocenters. The highest BCUT2D eigenvalue weighted by molar-refractivity contribution is 7.15. The van der Waals surface area contributed by atoms with E-state index in [2.05, 4.69) is 4.98 Å². The second-order valence-corrected chi connectivity index (χ2v) is 5.97. The van der Waals surface area contributed by atoms with E-state index in [1.54, 1.807) is 12.1 Å². The van der Waals surface area contributed by atoms with E-state index in [-0.39, 0.29) is 12.3 Å². The van der Waals surface area contributed by atoms with E-state index in [1.165, 1.54) is 11.3 Å². The molecule has 0 aliphatic heterocycles. The SMILES string of the molecule is CCC(CC(=O)O)c1sc(N)nc1-c1ccc(Cl)cc1. The Morgan fingerprint density at radius 3 is 2.65 bits per heavy atom. The van der Waals surface area contributed by atoms with E-state index < -0.39 is 5.97 Å². The zero-order valence-electron chi connectivity index (χ0n) is 11.0. The van der Waals surface area contributed by atoms with Gasteiger partial charge in [0, 0.05) is 21.4 Å². The average molecular weight is 311 g/mol. The molecular weight excluding hydrogens is 296 g/mol. The molecule has 1 aromatic heterocycles. The van der Waals surface area contributed by atoms with Crippen LogP contribution in [0.15, 0.2) is 24.3 Å². The van der Waals surface area contributed by atoms with Crippen molar-refractivity contribution in [2.24, 2.45) is 0 Å². The van der Waals surface area contributed by atoms with Gasteiger partial charge in [0.1, 0.15) is 0 Å². The number of nitrogens with two attached hydrogens (primary N) is 1. The number of aromatic nitrogens is 1. The lowest BCUT2D eigenvalue weighted by atomic mass is 9.97. The molecule has 1 heterocycles. The van der Waals surface area contributed by atoms with Crippen LogP contribution in [0.25, 0.3) is 11.3 Å². The number of rotatable bonds is 5. The number of hydrogen-bond donors (Lipinski definition) is 2. The molecule has 20 heavy (non-hydrogen) atoms. The summed E-state index contributed by atoms with van der Waals surface area (Å²) in [5.74, 6) is -0.890. The number of hydrogen-bond acceptors (Lipinski definition) is 4. The third-order valence-electron chi connectivity index (χ3n) is 3.07. The Hall–Kier alpha value is -1.59. The smallest absolute Gasteiger partial charge is 0.303 e. The molecule has 0 saturated carbocycles. The molecule has 0 amide bonds. The molecule has 2 rings (SSSR count). The van der Waals surface area contributed by atoms with E-state index in [0.29, 0.717) is 10.2 Å². The van der Waals surface area contributed by atoms with Gasteiger partial charge in [0.25, 0.3) is 0 Å². The first-order chi connectivity index (χ1) is 9.51. The van der Waals surface area contributed by atoms with Crippen molar-refractivity contribution in [3.63, 3.8) is 0 Å². The largest absolute Gasteiger partial charge is 0.481 e. The fourth-order valence-corrected chi connectivity index (χ4v) is 3.24. The molecule has 0 saturated heterocycles. The zero-order chi connectivity index (χ0) is 14.7. The molecule has 1 unspecified atom stereocenters. The van der Waals surface area contributed by atoms with Crippen LogP contribution in [0.2, 0.25) is 5.02 Å². The maximum Gasteiger partial charge on any atom is 0.303 e. The molecule has 1 aromatic carbocycles. The first kappa shape index (κ1) is 14.8. The predicted molar refractivity (Wildman–Crippen MR) is 82.3 cm³/mol. The summed E-state index contributed by atoms with van der Waals surface area (Å²) in [4.78, 5) is 16.2. The van der Waals surface area contributed by atoms with Gasteiger partial charge in [-0.15, -0.1) is 11.3 Å². The molecule has 2 aromatic rings. The molecule has 6 heteroatoms. The van der Waals surface area contributed by atoms with Crippen molar-refractivity contribution in [3.8, 4) is 11.3 Å². The summed E-state index contributed by atoms with van der Waals surface area (Å²) in [6.45, 7) is 1.97. The van der Waals surface area contributed by atoms with Crippen molar-refractivity contribution in [2.45, 2.75) is 25.7 Å². The van der Waals surface area contributed by atoms with E-state index in [9.17, 15) is 4.79 Å². The third-order valence-corrected chi connectivity index (χ3v) is 4.37. The van der Waals surface area contributed by atoms with Crippen LogP contribution in [0.4, 0.5) is 5.13 Å². The normalized spacial score (nSPS) is 12.3. The number of benzene rings is 1. The topological polar surface area (TPSA) is 76.2 Å². The predicted octanol–water partition coefficient (Wildman–Crippen LogP) is 4.01. The third kappa shape index (κ3) is 3.29. The van der Waals surface area contributed by atoms with Gasteiger partial charge in [-0.2, -0.15) is 0 Å². The van der Waals surface area contributed by atoms with Crippen molar-refractivity contribution in [1.82, 2.24) is 4.98 Å². The Labute approximate surface area is 126 Å². The maximum atomic E-state index is 11.0. The minimum atomic E-state index is -0.814. The van der Waals surface area contributed by atoms with Crippen LogP contribution in [0, 0.1) is 0 Å². The summed E-state index contributed by atoms with van der Waals surface area (Å²) >= 11 is 7.24. The number of nitrogens with zero attached hydrogens (tertiary/aromatic N) is 1. The molecule has 0 aliphatic rings. The summed E-state index contributed by atoms with van der Waals surface area (Å²) in [5, 5.41) is 10.1. The van der Waals surface area contributed by atoms with Crippen molar-refractivity contribution in [1.29, 1.82) is 0 Å². The highest BCUT2D eigenvalue weighted by atomic mass is 35.5. The van der Waals surface area contributed by atoms with Crippen molar-refractivity contribution in [3.05, 3.63) is 34.2 Å². The quantitative estimate of drug-likeness (QED) is 0.874. The fourth-order valence-electron chi connectivity index (χ4n) is 2.07.